The van der Waals surface area contributed by atoms with Crippen molar-refractivity contribution >= 4 is 22.6 Å². The Bertz CT molecular complexity index is 546. The Hall–Kier alpha value is -0.990. The minimum atomic E-state index is -0.275. The van der Waals surface area contributed by atoms with Gasteiger partial charge in [-0.15, -0.1) is 0 Å². The van der Waals surface area contributed by atoms with Crippen LogP contribution in [0.3, 0.4) is 0 Å². The number of furan rings is 1. The molecule has 1 N–H and O–H groups in total. The summed E-state index contributed by atoms with van der Waals surface area (Å²) >= 11 is 5.98. The second-order valence-electron chi connectivity index (χ2n) is 5.14. The van der Waals surface area contributed by atoms with Gasteiger partial charge in [-0.3, -0.25) is 0 Å². The van der Waals surface area contributed by atoms with Crippen LogP contribution in [0.1, 0.15) is 43.8 Å². The molecule has 1 fully saturated rings. The second-order valence-corrected chi connectivity index (χ2v) is 5.58. The lowest BCUT2D eigenvalue weighted by Crippen LogP contribution is -2.16. The normalized spacial score (nSPS) is 25.2. The minimum Gasteiger partial charge on any atom is -0.461 e. The molecule has 3 rings (SSSR count). The molecular formula is C15H17ClO2. The summed E-state index contributed by atoms with van der Waals surface area (Å²) < 4.78 is 5.87. The first-order chi connectivity index (χ1) is 8.74. The van der Waals surface area contributed by atoms with Crippen molar-refractivity contribution in [3.8, 4) is 0 Å². The lowest BCUT2D eigenvalue weighted by atomic mass is 9.94. The van der Waals surface area contributed by atoms with Gasteiger partial charge in [0.2, 0.25) is 0 Å². The van der Waals surface area contributed by atoms with Gasteiger partial charge in [0.1, 0.15) is 11.3 Å². The predicted molar refractivity (Wildman–Crippen MR) is 73.1 cm³/mol. The van der Waals surface area contributed by atoms with Gasteiger partial charge in [-0.25, -0.2) is 0 Å². The van der Waals surface area contributed by atoms with Gasteiger partial charge in [-0.05, 0) is 37.1 Å². The Balaban J connectivity index is 1.97. The summed E-state index contributed by atoms with van der Waals surface area (Å²) in [6, 6.07) is 7.67. The van der Waals surface area contributed by atoms with Crippen molar-refractivity contribution in [2.24, 2.45) is 0 Å². The van der Waals surface area contributed by atoms with Crippen LogP contribution in [0, 0.1) is 0 Å². The molecule has 2 atom stereocenters. The summed E-state index contributed by atoms with van der Waals surface area (Å²) in [5.74, 6) is 1.04. The largest absolute Gasteiger partial charge is 0.461 e. The molecular weight excluding hydrogens is 248 g/mol. The third kappa shape index (κ3) is 2.27. The zero-order valence-electron chi connectivity index (χ0n) is 10.2. The maximum absolute atomic E-state index is 10.2. The van der Waals surface area contributed by atoms with Gasteiger partial charge < -0.3 is 9.52 Å². The number of halogens is 1. The summed E-state index contributed by atoms with van der Waals surface area (Å²) in [6.45, 7) is 0. The molecule has 0 aliphatic heterocycles. The van der Waals surface area contributed by atoms with Crippen molar-refractivity contribution in [3.63, 3.8) is 0 Å². The SMILES string of the molecule is OC1CCCCCC1c1cc2cc(Cl)ccc2o1. The molecule has 2 nitrogen and oxygen atoms in total. The van der Waals surface area contributed by atoms with E-state index in [0.717, 1.165) is 41.0 Å². The number of hydrogen-bond donors (Lipinski definition) is 1. The maximum atomic E-state index is 10.2. The number of hydrogen-bond acceptors (Lipinski definition) is 2. The van der Waals surface area contributed by atoms with E-state index in [1.807, 2.05) is 24.3 Å². The Morgan fingerprint density at radius 1 is 1.11 bits per heavy atom. The molecule has 1 saturated carbocycles. The fourth-order valence-corrected chi connectivity index (χ4v) is 3.02. The molecule has 1 aromatic heterocycles. The van der Waals surface area contributed by atoms with E-state index in [4.69, 9.17) is 16.0 Å². The van der Waals surface area contributed by atoms with Crippen LogP contribution in [0.4, 0.5) is 0 Å². The molecule has 1 aliphatic carbocycles. The number of aliphatic hydroxyl groups is 1. The number of benzene rings is 1. The maximum Gasteiger partial charge on any atom is 0.134 e. The van der Waals surface area contributed by atoms with Crippen molar-refractivity contribution in [2.75, 3.05) is 0 Å². The molecule has 0 bridgehead atoms. The first kappa shape index (κ1) is 12.1. The number of rotatable bonds is 1. The fourth-order valence-electron chi connectivity index (χ4n) is 2.84. The van der Waals surface area contributed by atoms with E-state index in [1.165, 1.54) is 12.8 Å². The summed E-state index contributed by atoms with van der Waals surface area (Å²) in [5, 5.41) is 11.9. The van der Waals surface area contributed by atoms with E-state index >= 15 is 0 Å². The average molecular weight is 265 g/mol. The van der Waals surface area contributed by atoms with Gasteiger partial charge in [0, 0.05) is 16.3 Å². The van der Waals surface area contributed by atoms with Gasteiger partial charge in [0.25, 0.3) is 0 Å². The van der Waals surface area contributed by atoms with E-state index in [0.29, 0.717) is 0 Å². The first-order valence-electron chi connectivity index (χ1n) is 6.61. The second kappa shape index (κ2) is 4.94. The van der Waals surface area contributed by atoms with E-state index in [2.05, 4.69) is 0 Å². The Morgan fingerprint density at radius 2 is 1.94 bits per heavy atom. The summed E-state index contributed by atoms with van der Waals surface area (Å²) in [4.78, 5) is 0. The van der Waals surface area contributed by atoms with Crippen LogP contribution in [-0.2, 0) is 0 Å². The molecule has 0 saturated heterocycles. The third-order valence-electron chi connectivity index (χ3n) is 3.84. The molecule has 1 aliphatic rings. The zero-order valence-corrected chi connectivity index (χ0v) is 11.0. The van der Waals surface area contributed by atoms with E-state index in [1.54, 1.807) is 0 Å². The van der Waals surface area contributed by atoms with Crippen LogP contribution in [0.15, 0.2) is 28.7 Å². The zero-order chi connectivity index (χ0) is 12.5. The summed E-state index contributed by atoms with van der Waals surface area (Å²) in [5.41, 5.74) is 0.853. The highest BCUT2D eigenvalue weighted by Gasteiger charge is 2.26. The van der Waals surface area contributed by atoms with Crippen LogP contribution in [0.5, 0.6) is 0 Å². The lowest BCUT2D eigenvalue weighted by Gasteiger charge is -2.17. The average Bonchev–Trinajstić information content (AvgIpc) is 2.63. The van der Waals surface area contributed by atoms with Crippen molar-refractivity contribution in [1.82, 2.24) is 0 Å². The summed E-state index contributed by atoms with van der Waals surface area (Å²) in [6.07, 6.45) is 5.10. The number of fused-ring (bicyclic) bond motifs is 1. The fraction of sp³-hybridized carbons (Fsp3) is 0.467. The molecule has 0 spiro atoms. The van der Waals surface area contributed by atoms with Crippen LogP contribution in [0.2, 0.25) is 5.02 Å². The van der Waals surface area contributed by atoms with Gasteiger partial charge in [0.05, 0.1) is 6.10 Å². The highest BCUT2D eigenvalue weighted by atomic mass is 35.5. The highest BCUT2D eigenvalue weighted by Crippen LogP contribution is 2.35. The van der Waals surface area contributed by atoms with Crippen LogP contribution in [0.25, 0.3) is 11.0 Å². The van der Waals surface area contributed by atoms with Gasteiger partial charge in [-0.2, -0.15) is 0 Å². The Kier molecular flexibility index (Phi) is 3.31. The smallest absolute Gasteiger partial charge is 0.134 e. The standard InChI is InChI=1S/C15H17ClO2/c16-11-6-7-14-10(8-11)9-15(18-14)12-4-2-1-3-5-13(12)17/h6-9,12-13,17H,1-5H2. The Morgan fingerprint density at radius 3 is 2.83 bits per heavy atom. The molecule has 18 heavy (non-hydrogen) atoms. The van der Waals surface area contributed by atoms with Crippen LogP contribution in [-0.4, -0.2) is 11.2 Å². The highest BCUT2D eigenvalue weighted by molar-refractivity contribution is 6.31. The quantitative estimate of drug-likeness (QED) is 0.770. The van der Waals surface area contributed by atoms with E-state index in [9.17, 15) is 5.11 Å². The van der Waals surface area contributed by atoms with Gasteiger partial charge in [0.15, 0.2) is 0 Å². The van der Waals surface area contributed by atoms with Crippen molar-refractivity contribution in [2.45, 2.75) is 44.1 Å². The molecule has 1 aromatic carbocycles. The molecule has 3 heteroatoms. The van der Waals surface area contributed by atoms with Gasteiger partial charge >= 0.3 is 0 Å². The minimum absolute atomic E-state index is 0.138. The first-order valence-corrected chi connectivity index (χ1v) is 6.99. The van der Waals surface area contributed by atoms with E-state index in [-0.39, 0.29) is 12.0 Å². The molecule has 96 valence electrons. The van der Waals surface area contributed by atoms with Crippen molar-refractivity contribution < 1.29 is 9.52 Å². The van der Waals surface area contributed by atoms with Crippen molar-refractivity contribution in [3.05, 3.63) is 35.0 Å². The third-order valence-corrected chi connectivity index (χ3v) is 4.08. The molecule has 2 aromatic rings. The molecule has 0 radical (unpaired) electrons. The topological polar surface area (TPSA) is 33.4 Å². The molecule has 2 unspecified atom stereocenters. The van der Waals surface area contributed by atoms with Crippen LogP contribution < -0.4 is 0 Å². The summed E-state index contributed by atoms with van der Waals surface area (Å²) in [7, 11) is 0. The van der Waals surface area contributed by atoms with Crippen molar-refractivity contribution in [1.29, 1.82) is 0 Å². The predicted octanol–water partition coefficient (Wildman–Crippen LogP) is 4.49. The Labute approximate surface area is 112 Å². The van der Waals surface area contributed by atoms with E-state index < -0.39 is 0 Å². The van der Waals surface area contributed by atoms with Crippen LogP contribution >= 0.6 is 11.6 Å². The lowest BCUT2D eigenvalue weighted by molar-refractivity contribution is 0.126. The monoisotopic (exact) mass is 264 g/mol. The molecule has 0 amide bonds. The molecule has 1 heterocycles. The number of aliphatic hydroxyl groups excluding tert-OH is 1. The van der Waals surface area contributed by atoms with Gasteiger partial charge in [-0.1, -0.05) is 30.9 Å².